The fourth-order valence-electron chi connectivity index (χ4n) is 1.20. The van der Waals surface area contributed by atoms with Crippen molar-refractivity contribution in [2.45, 2.75) is 40.0 Å². The van der Waals surface area contributed by atoms with E-state index >= 15 is 0 Å². The van der Waals surface area contributed by atoms with Crippen LogP contribution in [0.3, 0.4) is 0 Å². The van der Waals surface area contributed by atoms with Crippen LogP contribution in [-0.4, -0.2) is 0 Å². The second kappa shape index (κ2) is 6.21. The van der Waals surface area contributed by atoms with Gasteiger partial charge in [0.2, 0.25) is 0 Å². The van der Waals surface area contributed by atoms with E-state index in [-0.39, 0.29) is 0 Å². The second-order valence-electron chi connectivity index (χ2n) is 3.04. The molecule has 0 saturated heterocycles. The molecule has 0 heterocycles. The first-order chi connectivity index (χ1) is 5.26. The molecule has 0 heteroatoms. The molecule has 0 bridgehead atoms. The zero-order valence-corrected chi connectivity index (χ0v) is 8.06. The van der Waals surface area contributed by atoms with Crippen molar-refractivity contribution in [3.05, 3.63) is 24.3 Å². The molecule has 0 radical (unpaired) electrons. The number of allylic oxidation sites excluding steroid dienone is 3. The summed E-state index contributed by atoms with van der Waals surface area (Å²) in [4.78, 5) is 0. The van der Waals surface area contributed by atoms with Crippen molar-refractivity contribution in [3.63, 3.8) is 0 Å². The molecule has 0 fully saturated rings. The van der Waals surface area contributed by atoms with E-state index in [0.29, 0.717) is 0 Å². The predicted molar refractivity (Wildman–Crippen MR) is 52.6 cm³/mol. The molecule has 0 N–H and O–H groups in total. The van der Waals surface area contributed by atoms with E-state index in [1.54, 1.807) is 5.57 Å². The van der Waals surface area contributed by atoms with Crippen LogP contribution in [0, 0.1) is 5.92 Å². The first-order valence-electron chi connectivity index (χ1n) is 4.57. The topological polar surface area (TPSA) is 0 Å². The van der Waals surface area contributed by atoms with Gasteiger partial charge in [-0.2, -0.15) is 0 Å². The van der Waals surface area contributed by atoms with Gasteiger partial charge in [0.05, 0.1) is 0 Å². The minimum absolute atomic E-state index is 0.730. The number of hydrogen-bond donors (Lipinski definition) is 0. The smallest absolute Gasteiger partial charge is 0.0231 e. The van der Waals surface area contributed by atoms with E-state index in [2.05, 4.69) is 33.4 Å². The zero-order chi connectivity index (χ0) is 8.69. The highest BCUT2D eigenvalue weighted by Gasteiger charge is 2.03. The summed E-state index contributed by atoms with van der Waals surface area (Å²) >= 11 is 0. The Morgan fingerprint density at radius 1 is 1.45 bits per heavy atom. The van der Waals surface area contributed by atoms with E-state index in [1.165, 1.54) is 19.3 Å². The molecular weight excluding hydrogens is 132 g/mol. The van der Waals surface area contributed by atoms with Crippen LogP contribution < -0.4 is 0 Å². The number of hydrogen-bond acceptors (Lipinski definition) is 0. The lowest BCUT2D eigenvalue weighted by molar-refractivity contribution is 0.618. The molecule has 0 saturated carbocycles. The molecule has 0 spiro atoms. The third kappa shape index (κ3) is 4.02. The van der Waals surface area contributed by atoms with Gasteiger partial charge < -0.3 is 0 Å². The summed E-state index contributed by atoms with van der Waals surface area (Å²) in [5.41, 5.74) is 1.55. The number of rotatable bonds is 5. The third-order valence-electron chi connectivity index (χ3n) is 2.12. The standard InChI is InChI=1S/C11H20/c1-5-8-11(9-6-2)10(4)7-3/h5,8,10H,1,6-7,9H2,2-4H3/b11-8-/t10-/m0/s1. The Balaban J connectivity index is 4.08. The fraction of sp³-hybridized carbons (Fsp3) is 0.636. The van der Waals surface area contributed by atoms with Gasteiger partial charge in [0, 0.05) is 0 Å². The van der Waals surface area contributed by atoms with Crippen LogP contribution in [0.4, 0.5) is 0 Å². The maximum Gasteiger partial charge on any atom is -0.0231 e. The van der Waals surface area contributed by atoms with Gasteiger partial charge in [0.15, 0.2) is 0 Å². The van der Waals surface area contributed by atoms with Crippen LogP contribution in [0.15, 0.2) is 24.3 Å². The first-order valence-corrected chi connectivity index (χ1v) is 4.57. The van der Waals surface area contributed by atoms with Gasteiger partial charge in [0.1, 0.15) is 0 Å². The predicted octanol–water partition coefficient (Wildman–Crippen LogP) is 3.95. The lowest BCUT2D eigenvalue weighted by Gasteiger charge is -2.12. The molecule has 0 aliphatic heterocycles. The van der Waals surface area contributed by atoms with Crippen molar-refractivity contribution in [1.29, 1.82) is 0 Å². The van der Waals surface area contributed by atoms with Gasteiger partial charge in [-0.25, -0.2) is 0 Å². The Bertz CT molecular complexity index is 131. The van der Waals surface area contributed by atoms with Crippen LogP contribution in [0.5, 0.6) is 0 Å². The zero-order valence-electron chi connectivity index (χ0n) is 8.06. The van der Waals surface area contributed by atoms with E-state index in [0.717, 1.165) is 5.92 Å². The van der Waals surface area contributed by atoms with Crippen LogP contribution in [0.1, 0.15) is 40.0 Å². The van der Waals surface area contributed by atoms with Crippen molar-refractivity contribution >= 4 is 0 Å². The molecule has 0 aliphatic rings. The lowest BCUT2D eigenvalue weighted by atomic mass is 9.94. The summed E-state index contributed by atoms with van der Waals surface area (Å²) in [5.74, 6) is 0.730. The summed E-state index contributed by atoms with van der Waals surface area (Å²) in [6.45, 7) is 10.5. The summed E-state index contributed by atoms with van der Waals surface area (Å²) in [5, 5.41) is 0. The van der Waals surface area contributed by atoms with Gasteiger partial charge >= 0.3 is 0 Å². The fourth-order valence-corrected chi connectivity index (χ4v) is 1.20. The van der Waals surface area contributed by atoms with E-state index < -0.39 is 0 Å². The van der Waals surface area contributed by atoms with Gasteiger partial charge in [0.25, 0.3) is 0 Å². The molecule has 11 heavy (non-hydrogen) atoms. The summed E-state index contributed by atoms with van der Waals surface area (Å²) in [7, 11) is 0. The molecule has 0 amide bonds. The van der Waals surface area contributed by atoms with Crippen molar-refractivity contribution in [2.75, 3.05) is 0 Å². The van der Waals surface area contributed by atoms with Crippen LogP contribution >= 0.6 is 0 Å². The highest BCUT2D eigenvalue weighted by Crippen LogP contribution is 2.18. The Labute approximate surface area is 71.0 Å². The molecule has 0 rings (SSSR count). The van der Waals surface area contributed by atoms with Crippen LogP contribution in [0.25, 0.3) is 0 Å². The largest absolute Gasteiger partial charge is 0.0991 e. The van der Waals surface area contributed by atoms with Crippen molar-refractivity contribution in [3.8, 4) is 0 Å². The highest BCUT2D eigenvalue weighted by atomic mass is 14.1. The van der Waals surface area contributed by atoms with Crippen LogP contribution in [0.2, 0.25) is 0 Å². The molecule has 0 unspecified atom stereocenters. The molecule has 1 atom stereocenters. The third-order valence-corrected chi connectivity index (χ3v) is 2.12. The highest BCUT2D eigenvalue weighted by molar-refractivity contribution is 5.12. The lowest BCUT2D eigenvalue weighted by Crippen LogP contribution is -1.96. The Kier molecular flexibility index (Phi) is 5.91. The van der Waals surface area contributed by atoms with Crippen molar-refractivity contribution in [2.24, 2.45) is 5.92 Å². The molecule has 64 valence electrons. The quantitative estimate of drug-likeness (QED) is 0.523. The Hall–Kier alpha value is -0.520. The van der Waals surface area contributed by atoms with Gasteiger partial charge in [-0.1, -0.05) is 51.5 Å². The maximum atomic E-state index is 3.72. The maximum absolute atomic E-state index is 3.72. The average molecular weight is 152 g/mol. The van der Waals surface area contributed by atoms with Crippen molar-refractivity contribution < 1.29 is 0 Å². The Morgan fingerprint density at radius 3 is 2.45 bits per heavy atom. The molecule has 0 nitrogen and oxygen atoms in total. The summed E-state index contributed by atoms with van der Waals surface area (Å²) in [6.07, 6.45) is 7.76. The molecule has 0 aromatic carbocycles. The van der Waals surface area contributed by atoms with E-state index in [4.69, 9.17) is 0 Å². The normalized spacial score (nSPS) is 14.6. The van der Waals surface area contributed by atoms with Gasteiger partial charge in [-0.05, 0) is 18.8 Å². The van der Waals surface area contributed by atoms with Crippen molar-refractivity contribution in [1.82, 2.24) is 0 Å². The summed E-state index contributed by atoms with van der Waals surface area (Å²) in [6, 6.07) is 0. The van der Waals surface area contributed by atoms with E-state index in [9.17, 15) is 0 Å². The molecule has 0 aromatic heterocycles. The molecule has 0 aromatic rings. The average Bonchev–Trinajstić information content (AvgIpc) is 2.03. The van der Waals surface area contributed by atoms with Crippen LogP contribution in [-0.2, 0) is 0 Å². The molecular formula is C11H20. The summed E-state index contributed by atoms with van der Waals surface area (Å²) < 4.78 is 0. The van der Waals surface area contributed by atoms with Gasteiger partial charge in [-0.15, -0.1) is 0 Å². The minimum Gasteiger partial charge on any atom is -0.0991 e. The first kappa shape index (κ1) is 10.5. The monoisotopic (exact) mass is 152 g/mol. The molecule has 0 aliphatic carbocycles. The SMILES string of the molecule is C=C/C=C(/CCC)[C@@H](C)CC. The minimum atomic E-state index is 0.730. The van der Waals surface area contributed by atoms with Gasteiger partial charge in [-0.3, -0.25) is 0 Å². The van der Waals surface area contributed by atoms with E-state index in [1.807, 2.05) is 6.08 Å². The second-order valence-corrected chi connectivity index (χ2v) is 3.04. The Morgan fingerprint density at radius 2 is 2.09 bits per heavy atom.